The molecule has 0 aromatic heterocycles. The minimum Gasteiger partial charge on any atom is -0.481 e. The first-order valence-corrected chi connectivity index (χ1v) is 6.53. The Balaban J connectivity index is 2.29. The van der Waals surface area contributed by atoms with E-state index in [2.05, 4.69) is 43.4 Å². The lowest BCUT2D eigenvalue weighted by molar-refractivity contribution is -0.141. The van der Waals surface area contributed by atoms with Gasteiger partial charge in [0, 0.05) is 6.54 Å². The molecule has 3 heteroatoms. The van der Waals surface area contributed by atoms with Gasteiger partial charge < -0.3 is 10.4 Å². The first-order valence-electron chi connectivity index (χ1n) is 6.53. The molecule has 3 nitrogen and oxygen atoms in total. The molecular weight excluding hydrogens is 226 g/mol. The fourth-order valence-corrected chi connectivity index (χ4v) is 1.70. The van der Waals surface area contributed by atoms with Gasteiger partial charge in [0.15, 0.2) is 0 Å². The molecule has 0 saturated heterocycles. The van der Waals surface area contributed by atoms with Crippen LogP contribution in [0.25, 0.3) is 0 Å². The van der Waals surface area contributed by atoms with Crippen LogP contribution in [0.3, 0.4) is 0 Å². The molecule has 0 bridgehead atoms. The molecule has 18 heavy (non-hydrogen) atoms. The minimum absolute atomic E-state index is 0.277. The predicted octanol–water partition coefficient (Wildman–Crippen LogP) is 3.01. The number of hydrogen-bond acceptors (Lipinski definition) is 2. The molecule has 1 aromatic carbocycles. The third-order valence-corrected chi connectivity index (χ3v) is 3.15. The zero-order valence-electron chi connectivity index (χ0n) is 11.4. The van der Waals surface area contributed by atoms with Crippen molar-refractivity contribution < 1.29 is 9.90 Å². The molecule has 0 amide bonds. The summed E-state index contributed by atoms with van der Waals surface area (Å²) in [6.07, 6.45) is 0.666. The molecular formula is C15H23NO2. The second-order valence-corrected chi connectivity index (χ2v) is 5.10. The maximum Gasteiger partial charge on any atom is 0.306 e. The van der Waals surface area contributed by atoms with E-state index in [4.69, 9.17) is 5.11 Å². The third kappa shape index (κ3) is 4.88. The summed E-state index contributed by atoms with van der Waals surface area (Å²) in [4.78, 5) is 10.6. The normalized spacial score (nSPS) is 12.7. The number of carboxylic acids is 1. The molecule has 1 rings (SSSR count). The minimum atomic E-state index is -0.724. The highest BCUT2D eigenvalue weighted by atomic mass is 16.4. The molecule has 1 unspecified atom stereocenters. The number of carboxylic acid groups (broad SMARTS) is 1. The summed E-state index contributed by atoms with van der Waals surface area (Å²) in [5.41, 5.74) is 2.58. The Morgan fingerprint density at radius 2 is 1.83 bits per heavy atom. The van der Waals surface area contributed by atoms with Gasteiger partial charge in [-0.25, -0.2) is 0 Å². The molecule has 0 aliphatic heterocycles. The van der Waals surface area contributed by atoms with Crippen LogP contribution in [0.1, 0.15) is 44.2 Å². The molecule has 1 atom stereocenters. The maximum atomic E-state index is 10.6. The van der Waals surface area contributed by atoms with Crippen molar-refractivity contribution in [3.05, 3.63) is 35.4 Å². The van der Waals surface area contributed by atoms with Gasteiger partial charge >= 0.3 is 5.97 Å². The van der Waals surface area contributed by atoms with Crippen LogP contribution in [-0.4, -0.2) is 17.6 Å². The van der Waals surface area contributed by atoms with E-state index in [1.807, 2.05) is 0 Å². The topological polar surface area (TPSA) is 49.3 Å². The van der Waals surface area contributed by atoms with E-state index >= 15 is 0 Å². The van der Waals surface area contributed by atoms with E-state index in [1.54, 1.807) is 6.92 Å². The van der Waals surface area contributed by atoms with Crippen LogP contribution in [0.5, 0.6) is 0 Å². The molecule has 0 aliphatic carbocycles. The van der Waals surface area contributed by atoms with Gasteiger partial charge in [-0.05, 0) is 30.0 Å². The number of carbonyl (C=O) groups is 1. The fourth-order valence-electron chi connectivity index (χ4n) is 1.70. The van der Waals surface area contributed by atoms with E-state index in [-0.39, 0.29) is 5.92 Å². The van der Waals surface area contributed by atoms with Crippen molar-refractivity contribution in [3.8, 4) is 0 Å². The zero-order valence-corrected chi connectivity index (χ0v) is 11.4. The summed E-state index contributed by atoms with van der Waals surface area (Å²) in [5, 5.41) is 12.0. The second-order valence-electron chi connectivity index (χ2n) is 5.10. The van der Waals surface area contributed by atoms with Gasteiger partial charge in [-0.1, -0.05) is 45.0 Å². The Labute approximate surface area is 109 Å². The molecule has 100 valence electrons. The molecule has 2 N–H and O–H groups in total. The molecule has 0 aliphatic rings. The lowest BCUT2D eigenvalue weighted by Crippen LogP contribution is -2.20. The van der Waals surface area contributed by atoms with Crippen LogP contribution < -0.4 is 5.32 Å². The number of benzene rings is 1. The standard InChI is InChI=1S/C15H23NO2/c1-11(2)14-6-4-13(5-7-14)10-16-9-8-12(3)15(17)18/h4-7,11-12,16H,8-10H2,1-3H3,(H,17,18). The quantitative estimate of drug-likeness (QED) is 0.730. The zero-order chi connectivity index (χ0) is 13.5. The summed E-state index contributed by atoms with van der Waals surface area (Å²) >= 11 is 0. The van der Waals surface area contributed by atoms with Gasteiger partial charge in [0.25, 0.3) is 0 Å². The highest BCUT2D eigenvalue weighted by Gasteiger charge is 2.09. The van der Waals surface area contributed by atoms with Crippen LogP contribution in [0.4, 0.5) is 0 Å². The Morgan fingerprint density at radius 1 is 1.22 bits per heavy atom. The van der Waals surface area contributed by atoms with Gasteiger partial charge in [-0.2, -0.15) is 0 Å². The van der Waals surface area contributed by atoms with Crippen molar-refractivity contribution in [1.82, 2.24) is 5.32 Å². The largest absolute Gasteiger partial charge is 0.481 e. The summed E-state index contributed by atoms with van der Waals surface area (Å²) in [7, 11) is 0. The van der Waals surface area contributed by atoms with Crippen molar-refractivity contribution in [1.29, 1.82) is 0 Å². The Kier molecular flexibility index (Phi) is 5.86. The lowest BCUT2D eigenvalue weighted by Gasteiger charge is -2.09. The van der Waals surface area contributed by atoms with E-state index in [9.17, 15) is 4.79 Å². The summed E-state index contributed by atoms with van der Waals surface area (Å²) < 4.78 is 0. The fraction of sp³-hybridized carbons (Fsp3) is 0.533. The van der Waals surface area contributed by atoms with Gasteiger partial charge in [0.1, 0.15) is 0 Å². The van der Waals surface area contributed by atoms with Crippen LogP contribution in [0.2, 0.25) is 0 Å². The highest BCUT2D eigenvalue weighted by molar-refractivity contribution is 5.69. The van der Waals surface area contributed by atoms with Crippen molar-refractivity contribution >= 4 is 5.97 Å². The van der Waals surface area contributed by atoms with E-state index in [0.717, 1.165) is 13.1 Å². The SMILES string of the molecule is CC(CCNCc1ccc(C(C)C)cc1)C(=O)O. The molecule has 0 saturated carbocycles. The van der Waals surface area contributed by atoms with Gasteiger partial charge in [0.2, 0.25) is 0 Å². The Bertz CT molecular complexity index is 371. The number of rotatable bonds is 7. The van der Waals surface area contributed by atoms with Crippen LogP contribution in [0, 0.1) is 5.92 Å². The number of nitrogens with one attached hydrogen (secondary N) is 1. The number of hydrogen-bond donors (Lipinski definition) is 2. The summed E-state index contributed by atoms with van der Waals surface area (Å²) in [6, 6.07) is 8.56. The third-order valence-electron chi connectivity index (χ3n) is 3.15. The summed E-state index contributed by atoms with van der Waals surface area (Å²) in [6.45, 7) is 7.63. The monoisotopic (exact) mass is 249 g/mol. The van der Waals surface area contributed by atoms with E-state index in [1.165, 1.54) is 11.1 Å². The summed E-state index contributed by atoms with van der Waals surface area (Å²) in [5.74, 6) is -0.442. The van der Waals surface area contributed by atoms with Gasteiger partial charge in [0.05, 0.1) is 5.92 Å². The first kappa shape index (κ1) is 14.7. The molecule has 0 radical (unpaired) electrons. The number of aliphatic carboxylic acids is 1. The van der Waals surface area contributed by atoms with E-state index < -0.39 is 5.97 Å². The van der Waals surface area contributed by atoms with Gasteiger partial charge in [-0.15, -0.1) is 0 Å². The Morgan fingerprint density at radius 3 is 2.33 bits per heavy atom. The lowest BCUT2D eigenvalue weighted by atomic mass is 10.0. The van der Waals surface area contributed by atoms with Crippen LogP contribution >= 0.6 is 0 Å². The van der Waals surface area contributed by atoms with Crippen LogP contribution in [0.15, 0.2) is 24.3 Å². The molecule has 0 heterocycles. The van der Waals surface area contributed by atoms with Gasteiger partial charge in [-0.3, -0.25) is 4.79 Å². The molecule has 0 spiro atoms. The van der Waals surface area contributed by atoms with Crippen molar-refractivity contribution in [3.63, 3.8) is 0 Å². The average molecular weight is 249 g/mol. The first-order chi connectivity index (χ1) is 8.50. The second kappa shape index (κ2) is 7.17. The molecule has 1 aromatic rings. The van der Waals surface area contributed by atoms with Crippen LogP contribution in [-0.2, 0) is 11.3 Å². The van der Waals surface area contributed by atoms with E-state index in [0.29, 0.717) is 12.3 Å². The maximum absolute atomic E-state index is 10.6. The molecule has 0 fully saturated rings. The van der Waals surface area contributed by atoms with Crippen molar-refractivity contribution in [2.75, 3.05) is 6.54 Å². The predicted molar refractivity (Wildman–Crippen MR) is 73.7 cm³/mol. The Hall–Kier alpha value is -1.35. The highest BCUT2D eigenvalue weighted by Crippen LogP contribution is 2.14. The van der Waals surface area contributed by atoms with Crippen molar-refractivity contribution in [2.24, 2.45) is 5.92 Å². The smallest absolute Gasteiger partial charge is 0.306 e. The average Bonchev–Trinajstić information content (AvgIpc) is 2.34. The van der Waals surface area contributed by atoms with Crippen molar-refractivity contribution in [2.45, 2.75) is 39.7 Å².